The molecule has 0 aromatic heterocycles. The number of nitriles is 1. The van der Waals surface area contributed by atoms with Gasteiger partial charge < -0.3 is 20.9 Å². The Kier molecular flexibility index (Phi) is 6.62. The number of hydrogen-bond acceptors (Lipinski definition) is 5. The van der Waals surface area contributed by atoms with Crippen molar-refractivity contribution in [2.45, 2.75) is 84.8 Å². The summed E-state index contributed by atoms with van der Waals surface area (Å²) < 4.78 is 0. The molecule has 192 valence electrons. The normalized spacial score (nSPS) is 37.1. The van der Waals surface area contributed by atoms with E-state index in [4.69, 9.17) is 0 Å². The van der Waals surface area contributed by atoms with Crippen molar-refractivity contribution >= 4 is 23.6 Å². The van der Waals surface area contributed by atoms with Crippen LogP contribution in [0.15, 0.2) is 0 Å². The molecule has 3 N–H and O–H groups in total. The largest absolute Gasteiger partial charge is 0.356 e. The highest BCUT2D eigenvalue weighted by molar-refractivity contribution is 5.94. The third-order valence-electron chi connectivity index (χ3n) is 8.77. The molecule has 1 aliphatic carbocycles. The fourth-order valence-corrected chi connectivity index (χ4v) is 6.38. The summed E-state index contributed by atoms with van der Waals surface area (Å²) in [7, 11) is 0. The molecular weight excluding hydrogens is 446 g/mol. The first kappa shape index (κ1) is 25.5. The van der Waals surface area contributed by atoms with Gasteiger partial charge in [-0.2, -0.15) is 5.26 Å². The summed E-state index contributed by atoms with van der Waals surface area (Å²) in [6.07, 6.45) is 3.10. The van der Waals surface area contributed by atoms with Gasteiger partial charge in [-0.25, -0.2) is 0 Å². The van der Waals surface area contributed by atoms with Gasteiger partial charge in [-0.05, 0) is 42.4 Å². The molecule has 0 bridgehead atoms. The minimum absolute atomic E-state index is 0.0141. The van der Waals surface area contributed by atoms with Crippen molar-refractivity contribution in [3.05, 3.63) is 0 Å². The lowest BCUT2D eigenvalue weighted by molar-refractivity contribution is -0.144. The predicted octanol–water partition coefficient (Wildman–Crippen LogP) is 1.33. The zero-order valence-electron chi connectivity index (χ0n) is 21.5. The topological polar surface area (TPSA) is 131 Å². The number of amides is 4. The summed E-state index contributed by atoms with van der Waals surface area (Å²) in [5, 5.41) is 18.5. The van der Waals surface area contributed by atoms with Crippen LogP contribution in [0.2, 0.25) is 0 Å². The van der Waals surface area contributed by atoms with Gasteiger partial charge in [0.15, 0.2) is 0 Å². The van der Waals surface area contributed by atoms with Crippen LogP contribution in [0.25, 0.3) is 0 Å². The highest BCUT2D eigenvalue weighted by atomic mass is 16.2. The Morgan fingerprint density at radius 2 is 1.83 bits per heavy atom. The van der Waals surface area contributed by atoms with E-state index in [1.165, 1.54) is 0 Å². The van der Waals surface area contributed by atoms with Crippen LogP contribution in [0.1, 0.15) is 66.7 Å². The second kappa shape index (κ2) is 9.11. The lowest BCUT2D eigenvalue weighted by atomic mass is 9.85. The van der Waals surface area contributed by atoms with Gasteiger partial charge in [-0.15, -0.1) is 0 Å². The van der Waals surface area contributed by atoms with Crippen molar-refractivity contribution in [3.8, 4) is 6.07 Å². The van der Waals surface area contributed by atoms with E-state index in [-0.39, 0.29) is 59.1 Å². The maximum Gasteiger partial charge on any atom is 0.245 e. The molecule has 4 rings (SSSR count). The molecule has 4 amide bonds. The SMILES string of the molecule is CC(C)(C)C(=O)N[C@H]1CCCCC2CNC(=O)[C@@H]2C[C@@H](C#N)NC(=O)[C@@H]2[C@@H]3[C@H](CN2C1=O)C3(C)C. The number of piperidine rings is 1. The Labute approximate surface area is 207 Å². The van der Waals surface area contributed by atoms with Crippen LogP contribution in [0.3, 0.4) is 0 Å². The molecule has 4 fully saturated rings. The molecule has 7 atom stereocenters. The van der Waals surface area contributed by atoms with Gasteiger partial charge >= 0.3 is 0 Å². The highest BCUT2D eigenvalue weighted by Gasteiger charge is 2.69. The quantitative estimate of drug-likeness (QED) is 0.516. The van der Waals surface area contributed by atoms with Crippen LogP contribution in [-0.4, -0.2) is 59.7 Å². The second-order valence-corrected chi connectivity index (χ2v) is 12.5. The molecule has 0 radical (unpaired) electrons. The fourth-order valence-electron chi connectivity index (χ4n) is 6.38. The number of rotatable bonds is 1. The van der Waals surface area contributed by atoms with Gasteiger partial charge in [0.25, 0.3) is 0 Å². The van der Waals surface area contributed by atoms with E-state index in [0.717, 1.165) is 19.3 Å². The number of fused-ring (bicyclic) bond motifs is 4. The summed E-state index contributed by atoms with van der Waals surface area (Å²) in [4.78, 5) is 54.2. The first-order valence-electron chi connectivity index (χ1n) is 13.0. The Hall–Kier alpha value is -2.63. The Morgan fingerprint density at radius 1 is 1.14 bits per heavy atom. The molecule has 1 unspecified atom stereocenters. The van der Waals surface area contributed by atoms with Crippen LogP contribution < -0.4 is 16.0 Å². The van der Waals surface area contributed by atoms with E-state index in [9.17, 15) is 24.4 Å². The van der Waals surface area contributed by atoms with E-state index in [0.29, 0.717) is 19.5 Å². The van der Waals surface area contributed by atoms with Crippen molar-refractivity contribution in [2.24, 2.45) is 34.5 Å². The van der Waals surface area contributed by atoms with Crippen LogP contribution in [0.4, 0.5) is 0 Å². The Bertz CT molecular complexity index is 948. The fraction of sp³-hybridized carbons (Fsp3) is 0.808. The number of hydrogen-bond donors (Lipinski definition) is 3. The molecule has 0 aromatic rings. The number of nitrogens with one attached hydrogen (secondary N) is 3. The average Bonchev–Trinajstić information content (AvgIpc) is 3.11. The van der Waals surface area contributed by atoms with Crippen molar-refractivity contribution in [1.29, 1.82) is 5.26 Å². The van der Waals surface area contributed by atoms with Gasteiger partial charge in [-0.1, -0.05) is 47.5 Å². The van der Waals surface area contributed by atoms with Gasteiger partial charge in [0.2, 0.25) is 23.6 Å². The summed E-state index contributed by atoms with van der Waals surface area (Å²) in [6.45, 7) is 10.7. The van der Waals surface area contributed by atoms with Crippen molar-refractivity contribution < 1.29 is 19.2 Å². The molecule has 4 aliphatic rings. The molecule has 3 heterocycles. The maximum atomic E-state index is 13.8. The molecule has 9 heteroatoms. The summed E-state index contributed by atoms with van der Waals surface area (Å²) in [5.74, 6) is -0.812. The molecule has 1 saturated carbocycles. The second-order valence-electron chi connectivity index (χ2n) is 12.5. The molecular formula is C26H39N5O4. The zero-order chi connectivity index (χ0) is 25.7. The molecule has 9 nitrogen and oxygen atoms in total. The Balaban J connectivity index is 1.63. The lowest BCUT2D eigenvalue weighted by Crippen LogP contribution is -2.57. The molecule has 0 spiro atoms. The van der Waals surface area contributed by atoms with Crippen LogP contribution in [0.5, 0.6) is 0 Å². The molecule has 3 saturated heterocycles. The average molecular weight is 486 g/mol. The number of carbonyl (C=O) groups excluding carboxylic acids is 4. The minimum Gasteiger partial charge on any atom is -0.356 e. The lowest BCUT2D eigenvalue weighted by Gasteiger charge is -2.34. The smallest absolute Gasteiger partial charge is 0.245 e. The highest BCUT2D eigenvalue weighted by Crippen LogP contribution is 2.65. The van der Waals surface area contributed by atoms with Gasteiger partial charge in [0, 0.05) is 24.4 Å². The zero-order valence-corrected chi connectivity index (χ0v) is 21.5. The van der Waals surface area contributed by atoms with E-state index in [2.05, 4.69) is 35.9 Å². The van der Waals surface area contributed by atoms with Crippen LogP contribution >= 0.6 is 0 Å². The summed E-state index contributed by atoms with van der Waals surface area (Å²) in [6, 6.07) is -0.00811. The molecule has 3 aliphatic heterocycles. The summed E-state index contributed by atoms with van der Waals surface area (Å²) in [5.41, 5.74) is -0.707. The van der Waals surface area contributed by atoms with Crippen molar-refractivity contribution in [2.75, 3.05) is 13.1 Å². The monoisotopic (exact) mass is 485 g/mol. The van der Waals surface area contributed by atoms with Gasteiger partial charge in [0.1, 0.15) is 18.1 Å². The molecule has 0 aromatic carbocycles. The number of nitrogens with zero attached hydrogens (tertiary/aromatic N) is 2. The minimum atomic E-state index is -0.795. The Morgan fingerprint density at radius 3 is 2.49 bits per heavy atom. The maximum absolute atomic E-state index is 13.8. The van der Waals surface area contributed by atoms with Gasteiger partial charge in [0.05, 0.1) is 6.07 Å². The third-order valence-corrected chi connectivity index (χ3v) is 8.77. The standard InChI is InChI=1S/C26H39N5O4/c1-25(2,3)24(35)30-18-9-7-6-8-14-12-28-21(32)16(14)10-15(11-27)29-22(33)20-19-17(26(19,4)5)13-31(20)23(18)34/h14-20H,6-10,12-13H2,1-5H3,(H,28,32)(H,29,33)(H,30,35)/t14?,15-,16+,17-,18-,19-,20-/m0/s1. The number of carbonyl (C=O) groups is 4. The van der Waals surface area contributed by atoms with Crippen molar-refractivity contribution in [1.82, 2.24) is 20.9 Å². The first-order valence-corrected chi connectivity index (χ1v) is 13.0. The van der Waals surface area contributed by atoms with E-state index >= 15 is 0 Å². The summed E-state index contributed by atoms with van der Waals surface area (Å²) >= 11 is 0. The van der Waals surface area contributed by atoms with E-state index < -0.39 is 23.5 Å². The third kappa shape index (κ3) is 4.76. The van der Waals surface area contributed by atoms with E-state index in [1.807, 2.05) is 20.8 Å². The first-order chi connectivity index (χ1) is 16.4. The molecule has 35 heavy (non-hydrogen) atoms. The van der Waals surface area contributed by atoms with E-state index in [1.54, 1.807) is 4.90 Å². The predicted molar refractivity (Wildman–Crippen MR) is 128 cm³/mol. The van der Waals surface area contributed by atoms with Crippen LogP contribution in [-0.2, 0) is 19.2 Å². The van der Waals surface area contributed by atoms with Crippen molar-refractivity contribution in [3.63, 3.8) is 0 Å². The van der Waals surface area contributed by atoms with Crippen LogP contribution in [0, 0.1) is 45.8 Å². The van der Waals surface area contributed by atoms with Gasteiger partial charge in [-0.3, -0.25) is 19.2 Å².